The van der Waals surface area contributed by atoms with Gasteiger partial charge in [0.25, 0.3) is 0 Å². The minimum atomic E-state index is -0.526. The van der Waals surface area contributed by atoms with Gasteiger partial charge in [-0.05, 0) is 13.3 Å². The van der Waals surface area contributed by atoms with Crippen molar-refractivity contribution in [2.45, 2.75) is 58.4 Å². The fourth-order valence-electron chi connectivity index (χ4n) is 4.41. The molecule has 1 aromatic carbocycles. The van der Waals surface area contributed by atoms with Crippen molar-refractivity contribution in [2.24, 2.45) is 0 Å². The van der Waals surface area contributed by atoms with Crippen LogP contribution in [0.1, 0.15) is 52.0 Å². The first-order valence-corrected chi connectivity index (χ1v) is 10.8. The molecule has 143 valence electrons. The maximum Gasteiger partial charge on any atom is 3.00 e. The molecule has 0 heterocycles. The van der Waals surface area contributed by atoms with E-state index in [0.717, 1.165) is 25.7 Å². The van der Waals surface area contributed by atoms with E-state index in [2.05, 4.69) is 76.3 Å². The van der Waals surface area contributed by atoms with Gasteiger partial charge in [-0.1, -0.05) is 104 Å². The normalized spacial score (nSPS) is 20.9. The third-order valence-corrected chi connectivity index (χ3v) is 8.05. The predicted molar refractivity (Wildman–Crippen MR) is 109 cm³/mol. The van der Waals surface area contributed by atoms with E-state index in [4.69, 9.17) is 0 Å². The molecule has 0 saturated heterocycles. The summed E-state index contributed by atoms with van der Waals surface area (Å²) in [5.74, 6) is 0. The molecular weight excluding hydrogens is 466 g/mol. The Morgan fingerprint density at radius 1 is 1.00 bits per heavy atom. The van der Waals surface area contributed by atoms with Gasteiger partial charge in [0.05, 0.1) is 9.52 Å². The summed E-state index contributed by atoms with van der Waals surface area (Å²) in [5.41, 5.74) is 7.70. The van der Waals surface area contributed by atoms with E-state index >= 15 is 0 Å². The summed E-state index contributed by atoms with van der Waals surface area (Å²) < 4.78 is 0. The SMILES string of the molecule is CCC1=[C-]C([SiH2]c2ccc(C)cc2)(C2=CC=CC2)C(CC)=C1CC.[Cl-].[Cl-].[Zr+3]. The van der Waals surface area contributed by atoms with Crippen molar-refractivity contribution in [3.05, 3.63) is 76.4 Å². The van der Waals surface area contributed by atoms with E-state index in [9.17, 15) is 0 Å². The molecule has 1 unspecified atom stereocenters. The number of benzene rings is 1. The van der Waals surface area contributed by atoms with E-state index in [0.29, 0.717) is 0 Å². The van der Waals surface area contributed by atoms with Gasteiger partial charge in [-0.15, -0.1) is 0 Å². The van der Waals surface area contributed by atoms with Gasteiger partial charge in [0.15, 0.2) is 0 Å². The van der Waals surface area contributed by atoms with E-state index in [1.165, 1.54) is 11.1 Å². The van der Waals surface area contributed by atoms with E-state index in [1.807, 2.05) is 0 Å². The molecule has 2 aliphatic rings. The Balaban J connectivity index is 0.00000225. The molecule has 0 spiro atoms. The first kappa shape index (κ1) is 26.9. The molecule has 0 saturated carbocycles. The average Bonchev–Trinajstić information content (AvgIpc) is 3.23. The molecule has 0 N–H and O–H groups in total. The first-order valence-electron chi connectivity index (χ1n) is 9.43. The molecular formula is C23H29Cl2SiZr. The molecule has 0 aromatic heterocycles. The maximum absolute atomic E-state index is 4.06. The fraction of sp³-hybridized carbons (Fsp3) is 0.391. The zero-order valence-corrected chi connectivity index (χ0v) is 22.2. The van der Waals surface area contributed by atoms with Crippen LogP contribution in [-0.4, -0.2) is 9.52 Å². The van der Waals surface area contributed by atoms with Crippen LogP contribution in [0.2, 0.25) is 5.04 Å². The van der Waals surface area contributed by atoms with Crippen LogP contribution in [-0.2, 0) is 26.2 Å². The summed E-state index contributed by atoms with van der Waals surface area (Å²) in [5, 5.41) is 1.67. The summed E-state index contributed by atoms with van der Waals surface area (Å²) in [6.45, 7) is 9.11. The van der Waals surface area contributed by atoms with Crippen LogP contribution in [0.4, 0.5) is 0 Å². The van der Waals surface area contributed by atoms with Gasteiger partial charge in [-0.25, -0.2) is 5.57 Å². The van der Waals surface area contributed by atoms with Crippen molar-refractivity contribution >= 4 is 14.7 Å². The Kier molecular flexibility index (Phi) is 11.7. The van der Waals surface area contributed by atoms with Crippen molar-refractivity contribution in [1.82, 2.24) is 0 Å². The zero-order valence-electron chi connectivity index (χ0n) is 16.8. The van der Waals surface area contributed by atoms with Crippen LogP contribution in [0, 0.1) is 13.0 Å². The van der Waals surface area contributed by atoms with Crippen LogP contribution < -0.4 is 30.0 Å². The third kappa shape index (κ3) is 5.27. The Hall–Kier alpha value is -0.140. The average molecular weight is 496 g/mol. The molecule has 27 heavy (non-hydrogen) atoms. The van der Waals surface area contributed by atoms with Gasteiger partial charge in [-0.2, -0.15) is 11.1 Å². The molecule has 0 fully saturated rings. The summed E-state index contributed by atoms with van der Waals surface area (Å²) in [7, 11) is -0.526. The van der Waals surface area contributed by atoms with Crippen LogP contribution in [0.5, 0.6) is 0 Å². The van der Waals surface area contributed by atoms with E-state index in [1.54, 1.807) is 21.9 Å². The first-order chi connectivity index (χ1) is 11.6. The number of hydrogen-bond donors (Lipinski definition) is 0. The summed E-state index contributed by atoms with van der Waals surface area (Å²) >= 11 is 0. The Morgan fingerprint density at radius 2 is 1.67 bits per heavy atom. The molecule has 1 aromatic rings. The summed E-state index contributed by atoms with van der Waals surface area (Å²) in [4.78, 5) is 0. The fourth-order valence-corrected chi connectivity index (χ4v) is 6.96. The summed E-state index contributed by atoms with van der Waals surface area (Å²) in [6.07, 6.45) is 15.5. The minimum absolute atomic E-state index is 0. The Labute approximate surface area is 199 Å². The molecule has 4 heteroatoms. The van der Waals surface area contributed by atoms with Crippen LogP contribution in [0.15, 0.2) is 64.8 Å². The number of allylic oxidation sites excluding steroid dienone is 8. The molecule has 1 atom stereocenters. The molecule has 3 rings (SSSR count). The van der Waals surface area contributed by atoms with Crippen LogP contribution >= 0.6 is 0 Å². The molecule has 1 radical (unpaired) electrons. The second kappa shape index (κ2) is 11.8. The zero-order chi connectivity index (χ0) is 17.2. The topological polar surface area (TPSA) is 0 Å². The minimum Gasteiger partial charge on any atom is -1.00 e. The van der Waals surface area contributed by atoms with Gasteiger partial charge >= 0.3 is 26.2 Å². The van der Waals surface area contributed by atoms with Crippen LogP contribution in [0.25, 0.3) is 0 Å². The van der Waals surface area contributed by atoms with Gasteiger partial charge in [0, 0.05) is 0 Å². The monoisotopic (exact) mass is 493 g/mol. The molecule has 0 nitrogen and oxygen atoms in total. The quantitative estimate of drug-likeness (QED) is 0.355. The second-order valence-corrected chi connectivity index (χ2v) is 9.24. The maximum atomic E-state index is 4.06. The number of rotatable bonds is 6. The molecule has 0 amide bonds. The standard InChI is InChI=1S/C23H29Si.2ClH.Zr/c1-5-18-16-23(19-10-8-9-11-19,22(7-3)21(18)6-2)24-20-14-12-17(4)13-15-20;;;/h8-10,12-15H,5-7,11,24H2,1-4H3;2*1H;/q-1;;;+3/p-2. The Morgan fingerprint density at radius 3 is 2.15 bits per heavy atom. The van der Waals surface area contributed by atoms with E-state index < -0.39 is 9.52 Å². The molecule has 0 bridgehead atoms. The van der Waals surface area contributed by atoms with Crippen LogP contribution in [0.3, 0.4) is 0 Å². The van der Waals surface area contributed by atoms with Crippen molar-refractivity contribution in [3.8, 4) is 0 Å². The predicted octanol–water partition coefficient (Wildman–Crippen LogP) is -0.891. The smallest absolute Gasteiger partial charge is 1.00 e. The van der Waals surface area contributed by atoms with Gasteiger partial charge in [0.2, 0.25) is 0 Å². The van der Waals surface area contributed by atoms with Gasteiger partial charge in [-0.3, -0.25) is 6.08 Å². The Bertz CT molecular complexity index is 744. The van der Waals surface area contributed by atoms with Gasteiger partial charge in [0.1, 0.15) is 0 Å². The number of hydrogen-bond acceptors (Lipinski definition) is 0. The number of halogens is 2. The third-order valence-electron chi connectivity index (χ3n) is 5.58. The summed E-state index contributed by atoms with van der Waals surface area (Å²) in [6, 6.07) is 9.26. The van der Waals surface area contributed by atoms with Crippen molar-refractivity contribution in [3.63, 3.8) is 0 Å². The molecule has 0 aliphatic heterocycles. The van der Waals surface area contributed by atoms with E-state index in [-0.39, 0.29) is 56.1 Å². The van der Waals surface area contributed by atoms with Crippen molar-refractivity contribution < 1.29 is 51.0 Å². The second-order valence-electron chi connectivity index (χ2n) is 7.01. The van der Waals surface area contributed by atoms with Gasteiger partial charge < -0.3 is 24.8 Å². The van der Waals surface area contributed by atoms with Crippen molar-refractivity contribution in [1.29, 1.82) is 0 Å². The number of aryl methyl sites for hydroxylation is 1. The molecule has 2 aliphatic carbocycles. The largest absolute Gasteiger partial charge is 3.00 e. The van der Waals surface area contributed by atoms with Crippen molar-refractivity contribution in [2.75, 3.05) is 0 Å².